The fraction of sp³-hybridized carbons (Fsp3) is 0.375. The Hall–Kier alpha value is -1.63. The summed E-state index contributed by atoms with van der Waals surface area (Å²) in [7, 11) is 1.88. The molecule has 0 unspecified atom stereocenters. The van der Waals surface area contributed by atoms with Crippen LogP contribution in [0.5, 0.6) is 0 Å². The van der Waals surface area contributed by atoms with Gasteiger partial charge in [0.15, 0.2) is 0 Å². The second-order valence-electron chi connectivity index (χ2n) is 5.89. The van der Waals surface area contributed by atoms with Gasteiger partial charge in [-0.15, -0.1) is 24.8 Å². The molecule has 4 rings (SSSR count). The summed E-state index contributed by atoms with van der Waals surface area (Å²) in [5.74, 6) is 0.0560. The van der Waals surface area contributed by atoms with Crippen LogP contribution in [-0.4, -0.2) is 32.8 Å². The SMILES string of the molecule is Cl.Cl.Cn1cc(-c2cc3c(C4CCNCC4)c(F)cnc3[nH]2)cn1. The van der Waals surface area contributed by atoms with E-state index in [2.05, 4.69) is 20.4 Å². The molecule has 130 valence electrons. The van der Waals surface area contributed by atoms with E-state index in [1.807, 2.05) is 19.3 Å². The van der Waals surface area contributed by atoms with Crippen LogP contribution in [-0.2, 0) is 7.05 Å². The summed E-state index contributed by atoms with van der Waals surface area (Å²) in [6, 6.07) is 2.00. The molecular weight excluding hydrogens is 352 g/mol. The maximum Gasteiger partial charge on any atom is 0.145 e. The maximum atomic E-state index is 14.4. The van der Waals surface area contributed by atoms with Gasteiger partial charge < -0.3 is 10.3 Å². The molecule has 4 heterocycles. The summed E-state index contributed by atoms with van der Waals surface area (Å²) in [6.07, 6.45) is 6.99. The Morgan fingerprint density at radius 1 is 1.21 bits per heavy atom. The molecule has 0 amide bonds. The van der Waals surface area contributed by atoms with Crippen LogP contribution < -0.4 is 5.32 Å². The number of piperidine rings is 1. The number of aromatic nitrogens is 4. The van der Waals surface area contributed by atoms with Crippen molar-refractivity contribution < 1.29 is 4.39 Å². The Kier molecular flexibility index (Phi) is 5.85. The molecule has 1 fully saturated rings. The van der Waals surface area contributed by atoms with E-state index >= 15 is 0 Å². The molecule has 1 aliphatic rings. The number of rotatable bonds is 2. The van der Waals surface area contributed by atoms with Crippen LogP contribution in [0.3, 0.4) is 0 Å². The number of aromatic amines is 1. The molecule has 24 heavy (non-hydrogen) atoms. The zero-order valence-electron chi connectivity index (χ0n) is 13.3. The third-order valence-corrected chi connectivity index (χ3v) is 4.41. The second-order valence-corrected chi connectivity index (χ2v) is 5.89. The van der Waals surface area contributed by atoms with Crippen molar-refractivity contribution in [3.05, 3.63) is 36.0 Å². The number of halogens is 3. The summed E-state index contributed by atoms with van der Waals surface area (Å²) < 4.78 is 16.2. The number of nitrogens with one attached hydrogen (secondary N) is 2. The van der Waals surface area contributed by atoms with Crippen LogP contribution in [0.25, 0.3) is 22.3 Å². The maximum absolute atomic E-state index is 14.4. The lowest BCUT2D eigenvalue weighted by molar-refractivity contribution is 0.447. The smallest absolute Gasteiger partial charge is 0.145 e. The summed E-state index contributed by atoms with van der Waals surface area (Å²) >= 11 is 0. The predicted molar refractivity (Wildman–Crippen MR) is 97.6 cm³/mol. The molecule has 0 saturated carbocycles. The minimum Gasteiger partial charge on any atom is -0.339 e. The fourth-order valence-electron chi connectivity index (χ4n) is 3.31. The van der Waals surface area contributed by atoms with Gasteiger partial charge in [-0.1, -0.05) is 0 Å². The highest BCUT2D eigenvalue weighted by Gasteiger charge is 2.23. The van der Waals surface area contributed by atoms with E-state index < -0.39 is 0 Å². The molecular formula is C16H20Cl2FN5. The van der Waals surface area contributed by atoms with E-state index in [0.717, 1.165) is 53.8 Å². The van der Waals surface area contributed by atoms with Gasteiger partial charge in [-0.25, -0.2) is 9.37 Å². The Morgan fingerprint density at radius 2 is 1.96 bits per heavy atom. The number of hydrogen-bond acceptors (Lipinski definition) is 3. The molecule has 0 spiro atoms. The van der Waals surface area contributed by atoms with Gasteiger partial charge in [-0.2, -0.15) is 5.10 Å². The summed E-state index contributed by atoms with van der Waals surface area (Å²) in [4.78, 5) is 7.50. The third-order valence-electron chi connectivity index (χ3n) is 4.41. The number of nitrogens with zero attached hydrogens (tertiary/aromatic N) is 3. The number of fused-ring (bicyclic) bond motifs is 1. The van der Waals surface area contributed by atoms with Crippen LogP contribution >= 0.6 is 24.8 Å². The summed E-state index contributed by atoms with van der Waals surface area (Å²) in [6.45, 7) is 1.88. The monoisotopic (exact) mass is 371 g/mol. The van der Waals surface area contributed by atoms with Gasteiger partial charge in [0.1, 0.15) is 11.5 Å². The fourth-order valence-corrected chi connectivity index (χ4v) is 3.31. The largest absolute Gasteiger partial charge is 0.339 e. The highest BCUT2D eigenvalue weighted by Crippen LogP contribution is 2.34. The van der Waals surface area contributed by atoms with Crippen molar-refractivity contribution in [2.75, 3.05) is 13.1 Å². The first-order valence-corrected chi connectivity index (χ1v) is 7.59. The van der Waals surface area contributed by atoms with Crippen LogP contribution in [0.4, 0.5) is 4.39 Å². The molecule has 0 radical (unpaired) electrons. The molecule has 5 nitrogen and oxygen atoms in total. The van der Waals surface area contributed by atoms with Crippen molar-refractivity contribution in [1.29, 1.82) is 0 Å². The minimum atomic E-state index is -0.198. The van der Waals surface area contributed by atoms with Crippen molar-refractivity contribution in [2.45, 2.75) is 18.8 Å². The van der Waals surface area contributed by atoms with Crippen LogP contribution in [0, 0.1) is 5.82 Å². The summed E-state index contributed by atoms with van der Waals surface area (Å²) in [5, 5.41) is 8.41. The topological polar surface area (TPSA) is 58.5 Å². The first-order chi connectivity index (χ1) is 10.7. The van der Waals surface area contributed by atoms with Crippen molar-refractivity contribution in [1.82, 2.24) is 25.1 Å². The third kappa shape index (κ3) is 3.27. The molecule has 3 aromatic heterocycles. The Labute approximate surface area is 151 Å². The second kappa shape index (κ2) is 7.51. The van der Waals surface area contributed by atoms with Gasteiger partial charge in [0.05, 0.1) is 18.1 Å². The number of H-pyrrole nitrogens is 1. The van der Waals surface area contributed by atoms with Gasteiger partial charge >= 0.3 is 0 Å². The van der Waals surface area contributed by atoms with Crippen LogP contribution in [0.1, 0.15) is 24.3 Å². The molecule has 1 saturated heterocycles. The highest BCUT2D eigenvalue weighted by atomic mass is 35.5. The van der Waals surface area contributed by atoms with E-state index in [1.165, 1.54) is 6.20 Å². The molecule has 0 aromatic carbocycles. The lowest BCUT2D eigenvalue weighted by Gasteiger charge is -2.23. The highest BCUT2D eigenvalue weighted by molar-refractivity contribution is 5.86. The number of aryl methyl sites for hydroxylation is 1. The van der Waals surface area contributed by atoms with E-state index in [1.54, 1.807) is 10.9 Å². The van der Waals surface area contributed by atoms with E-state index in [9.17, 15) is 4.39 Å². The first-order valence-electron chi connectivity index (χ1n) is 7.59. The van der Waals surface area contributed by atoms with Gasteiger partial charge in [0, 0.05) is 29.8 Å². The average Bonchev–Trinajstić information content (AvgIpc) is 3.14. The van der Waals surface area contributed by atoms with E-state index in [4.69, 9.17) is 0 Å². The van der Waals surface area contributed by atoms with Crippen molar-refractivity contribution >= 4 is 35.8 Å². The molecule has 0 atom stereocenters. The van der Waals surface area contributed by atoms with Crippen molar-refractivity contribution in [3.8, 4) is 11.3 Å². The van der Waals surface area contributed by atoms with Crippen LogP contribution in [0.2, 0.25) is 0 Å². The number of hydrogen-bond donors (Lipinski definition) is 2. The predicted octanol–water partition coefficient (Wildman–Crippen LogP) is 3.41. The quantitative estimate of drug-likeness (QED) is 0.725. The lowest BCUT2D eigenvalue weighted by Crippen LogP contribution is -2.27. The lowest BCUT2D eigenvalue weighted by atomic mass is 9.88. The Bertz CT molecular complexity index is 823. The zero-order chi connectivity index (χ0) is 15.1. The average molecular weight is 372 g/mol. The van der Waals surface area contributed by atoms with E-state index in [0.29, 0.717) is 0 Å². The molecule has 8 heteroatoms. The Morgan fingerprint density at radius 3 is 2.62 bits per heavy atom. The van der Waals surface area contributed by atoms with Gasteiger partial charge in [-0.05, 0) is 37.9 Å². The zero-order valence-corrected chi connectivity index (χ0v) is 14.9. The van der Waals surface area contributed by atoms with Gasteiger partial charge in [-0.3, -0.25) is 4.68 Å². The number of pyridine rings is 1. The molecule has 0 aliphatic carbocycles. The normalized spacial score (nSPS) is 15.1. The van der Waals surface area contributed by atoms with Crippen molar-refractivity contribution in [2.24, 2.45) is 7.05 Å². The molecule has 0 bridgehead atoms. The Balaban J connectivity index is 0.00000104. The van der Waals surface area contributed by atoms with Gasteiger partial charge in [0.25, 0.3) is 0 Å². The van der Waals surface area contributed by atoms with E-state index in [-0.39, 0.29) is 36.5 Å². The standard InChI is InChI=1S/C16H18FN5.2ClH/c1-22-9-11(7-20-22)14-6-12-15(10-2-4-18-5-3-10)13(17)8-19-16(12)21-14;;/h6-10,18H,2-5H2,1H3,(H,19,21);2*1H. The van der Waals surface area contributed by atoms with Gasteiger partial charge in [0.2, 0.25) is 0 Å². The first kappa shape index (κ1) is 18.7. The summed E-state index contributed by atoms with van der Waals surface area (Å²) in [5.41, 5.74) is 3.46. The molecule has 2 N–H and O–H groups in total. The van der Waals surface area contributed by atoms with Crippen LogP contribution in [0.15, 0.2) is 24.7 Å². The molecule has 3 aromatic rings. The molecule has 1 aliphatic heterocycles. The minimum absolute atomic E-state index is 0. The van der Waals surface area contributed by atoms with Crippen molar-refractivity contribution in [3.63, 3.8) is 0 Å².